The number of amides is 1. The van der Waals surface area contributed by atoms with Gasteiger partial charge in [-0.25, -0.2) is 0 Å². The fraction of sp³-hybridized carbons (Fsp3) is 0.148. The molecule has 2 heterocycles. The maximum atomic E-state index is 13.2. The zero-order valence-electron chi connectivity index (χ0n) is 18.5. The molecule has 0 fully saturated rings. The summed E-state index contributed by atoms with van der Waals surface area (Å²) >= 11 is 1.60. The van der Waals surface area contributed by atoms with Gasteiger partial charge in [0.1, 0.15) is 0 Å². The number of hydrogen-bond acceptors (Lipinski definition) is 5. The molecule has 164 valence electrons. The normalized spacial score (nSPS) is 13.2. The molecule has 0 saturated carbocycles. The number of carbonyl (C=O) groups excluding carboxylic acids is 1. The lowest BCUT2D eigenvalue weighted by atomic mass is 10.1. The van der Waals surface area contributed by atoms with Crippen LogP contribution in [0.2, 0.25) is 0 Å². The second-order valence-electron chi connectivity index (χ2n) is 7.94. The molecule has 0 radical (unpaired) electrons. The summed E-state index contributed by atoms with van der Waals surface area (Å²) in [5.74, 6) is 1.00. The fourth-order valence-corrected chi connectivity index (χ4v) is 4.89. The van der Waals surface area contributed by atoms with E-state index in [2.05, 4.69) is 36.1 Å². The minimum absolute atomic E-state index is 0.0366. The van der Waals surface area contributed by atoms with Crippen LogP contribution in [0.4, 0.5) is 5.69 Å². The van der Waals surface area contributed by atoms with Gasteiger partial charge < -0.3 is 9.42 Å². The van der Waals surface area contributed by atoms with Crippen molar-refractivity contribution in [1.29, 1.82) is 0 Å². The van der Waals surface area contributed by atoms with Gasteiger partial charge in [-0.2, -0.15) is 4.98 Å². The molecule has 33 heavy (non-hydrogen) atoms. The maximum absolute atomic E-state index is 13.2. The van der Waals surface area contributed by atoms with Gasteiger partial charge >= 0.3 is 0 Å². The van der Waals surface area contributed by atoms with E-state index in [-0.39, 0.29) is 5.91 Å². The smallest absolute Gasteiger partial charge is 0.259 e. The molecule has 1 aliphatic rings. The standard InChI is InChI=1S/C27H23N3O2S/c1-3-16-30-22-14-13-20(17-24(22)33-23-7-5-4-6-21(23)27(30)31)26-28-25(32-29-26)15-12-19-10-8-18(2)9-11-19/h4-15,17H,3,16H2,1-2H3. The first-order valence-electron chi connectivity index (χ1n) is 10.9. The van der Waals surface area contributed by atoms with Gasteiger partial charge in [0.15, 0.2) is 0 Å². The summed E-state index contributed by atoms with van der Waals surface area (Å²) in [4.78, 5) is 21.6. The van der Waals surface area contributed by atoms with Crippen LogP contribution in [0.25, 0.3) is 23.5 Å². The monoisotopic (exact) mass is 453 g/mol. The molecule has 0 atom stereocenters. The third-order valence-corrected chi connectivity index (χ3v) is 6.60. The quantitative estimate of drug-likeness (QED) is 0.335. The van der Waals surface area contributed by atoms with E-state index in [9.17, 15) is 4.79 Å². The molecule has 0 N–H and O–H groups in total. The van der Waals surface area contributed by atoms with E-state index in [4.69, 9.17) is 4.52 Å². The number of fused-ring (bicyclic) bond motifs is 2. The van der Waals surface area contributed by atoms with Crippen LogP contribution < -0.4 is 4.90 Å². The van der Waals surface area contributed by atoms with Gasteiger partial charge in [-0.1, -0.05) is 65.8 Å². The molecule has 0 spiro atoms. The van der Waals surface area contributed by atoms with Crippen molar-refractivity contribution < 1.29 is 9.32 Å². The Hall–Kier alpha value is -3.64. The number of aromatic nitrogens is 2. The van der Waals surface area contributed by atoms with Crippen molar-refractivity contribution in [3.8, 4) is 11.4 Å². The van der Waals surface area contributed by atoms with E-state index in [1.165, 1.54) is 5.56 Å². The Morgan fingerprint density at radius 3 is 2.64 bits per heavy atom. The SMILES string of the molecule is CCCN1C(=O)c2ccccc2Sc2cc(-c3noc(C=Cc4ccc(C)cc4)n3)ccc21. The first-order chi connectivity index (χ1) is 16.1. The highest BCUT2D eigenvalue weighted by molar-refractivity contribution is 7.99. The Kier molecular flexibility index (Phi) is 5.84. The number of benzene rings is 3. The minimum Gasteiger partial charge on any atom is -0.334 e. The molecule has 6 heteroatoms. The second-order valence-corrected chi connectivity index (χ2v) is 9.02. The molecule has 5 nitrogen and oxygen atoms in total. The van der Waals surface area contributed by atoms with Gasteiger partial charge in [-0.15, -0.1) is 0 Å². The highest BCUT2D eigenvalue weighted by atomic mass is 32.2. The van der Waals surface area contributed by atoms with Gasteiger partial charge in [0.25, 0.3) is 11.8 Å². The molecule has 0 saturated heterocycles. The zero-order valence-corrected chi connectivity index (χ0v) is 19.3. The Bertz CT molecular complexity index is 1340. The number of aryl methyl sites for hydroxylation is 1. The molecule has 5 rings (SSSR count). The Morgan fingerprint density at radius 2 is 1.82 bits per heavy atom. The number of carbonyl (C=O) groups is 1. The summed E-state index contributed by atoms with van der Waals surface area (Å²) < 4.78 is 5.45. The van der Waals surface area contributed by atoms with Crippen LogP contribution in [0.1, 0.15) is 40.7 Å². The van der Waals surface area contributed by atoms with Crippen molar-refractivity contribution in [2.24, 2.45) is 0 Å². The van der Waals surface area contributed by atoms with E-state index in [0.717, 1.165) is 38.6 Å². The highest BCUT2D eigenvalue weighted by Gasteiger charge is 2.27. The average Bonchev–Trinajstić information content (AvgIpc) is 3.27. The molecule has 0 bridgehead atoms. The summed E-state index contributed by atoms with van der Waals surface area (Å²) in [7, 11) is 0. The van der Waals surface area contributed by atoms with Crippen LogP contribution >= 0.6 is 11.8 Å². The van der Waals surface area contributed by atoms with Crippen LogP contribution in [-0.4, -0.2) is 22.6 Å². The Balaban J connectivity index is 1.47. The van der Waals surface area contributed by atoms with Crippen molar-refractivity contribution in [1.82, 2.24) is 10.1 Å². The highest BCUT2D eigenvalue weighted by Crippen LogP contribution is 2.42. The van der Waals surface area contributed by atoms with Crippen LogP contribution in [0.3, 0.4) is 0 Å². The van der Waals surface area contributed by atoms with Crippen molar-refractivity contribution in [3.05, 3.63) is 89.3 Å². The number of rotatable bonds is 5. The number of nitrogens with zero attached hydrogens (tertiary/aromatic N) is 3. The third kappa shape index (κ3) is 4.34. The summed E-state index contributed by atoms with van der Waals surface area (Å²) in [5.41, 5.74) is 4.78. The topological polar surface area (TPSA) is 59.2 Å². The first kappa shape index (κ1) is 21.2. The maximum Gasteiger partial charge on any atom is 0.259 e. The zero-order chi connectivity index (χ0) is 22.8. The molecule has 0 unspecified atom stereocenters. The van der Waals surface area contributed by atoms with Gasteiger partial charge in [0, 0.05) is 28.0 Å². The molecular weight excluding hydrogens is 430 g/mol. The van der Waals surface area contributed by atoms with Crippen LogP contribution in [0, 0.1) is 6.92 Å². The van der Waals surface area contributed by atoms with Crippen molar-refractivity contribution in [2.45, 2.75) is 30.1 Å². The minimum atomic E-state index is 0.0366. The molecular formula is C27H23N3O2S. The number of hydrogen-bond donors (Lipinski definition) is 0. The van der Waals surface area contributed by atoms with Gasteiger partial charge in [-0.3, -0.25) is 4.79 Å². The Labute approximate surface area is 197 Å². The van der Waals surface area contributed by atoms with Crippen molar-refractivity contribution in [3.63, 3.8) is 0 Å². The van der Waals surface area contributed by atoms with E-state index in [1.54, 1.807) is 11.8 Å². The lowest BCUT2D eigenvalue weighted by molar-refractivity contribution is 0.0984. The largest absolute Gasteiger partial charge is 0.334 e. The van der Waals surface area contributed by atoms with Crippen LogP contribution in [0.5, 0.6) is 0 Å². The summed E-state index contributed by atoms with van der Waals surface area (Å²) in [5, 5.41) is 4.17. The number of anilines is 1. The summed E-state index contributed by atoms with van der Waals surface area (Å²) in [6.07, 6.45) is 4.65. The second kappa shape index (κ2) is 9.08. The molecule has 4 aromatic rings. The predicted octanol–water partition coefficient (Wildman–Crippen LogP) is 6.74. The van der Waals surface area contributed by atoms with E-state index >= 15 is 0 Å². The molecule has 1 aliphatic heterocycles. The van der Waals surface area contributed by atoms with Crippen LogP contribution in [-0.2, 0) is 0 Å². The summed E-state index contributed by atoms with van der Waals surface area (Å²) in [6.45, 7) is 4.80. The molecule has 1 aromatic heterocycles. The lowest BCUT2D eigenvalue weighted by Crippen LogP contribution is -2.31. The lowest BCUT2D eigenvalue weighted by Gasteiger charge is -2.22. The molecule has 3 aromatic carbocycles. The molecule has 1 amide bonds. The van der Waals surface area contributed by atoms with E-state index in [0.29, 0.717) is 18.3 Å². The van der Waals surface area contributed by atoms with Crippen molar-refractivity contribution in [2.75, 3.05) is 11.4 Å². The van der Waals surface area contributed by atoms with E-state index < -0.39 is 0 Å². The van der Waals surface area contributed by atoms with Gasteiger partial charge in [-0.05, 0) is 55.3 Å². The van der Waals surface area contributed by atoms with Gasteiger partial charge in [0.05, 0.1) is 11.3 Å². The van der Waals surface area contributed by atoms with Gasteiger partial charge in [0.2, 0.25) is 5.82 Å². The summed E-state index contributed by atoms with van der Waals surface area (Å²) in [6, 6.07) is 22.0. The Morgan fingerprint density at radius 1 is 1.00 bits per heavy atom. The third-order valence-electron chi connectivity index (χ3n) is 5.48. The first-order valence-corrected chi connectivity index (χ1v) is 11.8. The van der Waals surface area contributed by atoms with Crippen molar-refractivity contribution >= 4 is 35.5 Å². The molecule has 0 aliphatic carbocycles. The average molecular weight is 454 g/mol. The fourth-order valence-electron chi connectivity index (χ4n) is 3.77. The predicted molar refractivity (Wildman–Crippen MR) is 132 cm³/mol. The van der Waals surface area contributed by atoms with E-state index in [1.807, 2.05) is 71.6 Å². The van der Waals surface area contributed by atoms with Crippen LogP contribution in [0.15, 0.2) is 81.0 Å².